The highest BCUT2D eigenvalue weighted by molar-refractivity contribution is 14.0. The van der Waals surface area contributed by atoms with Crippen LogP contribution in [-0.2, 0) is 9.53 Å². The van der Waals surface area contributed by atoms with Crippen LogP contribution in [-0.4, -0.2) is 50.1 Å². The normalized spacial score (nSPS) is 16.6. The van der Waals surface area contributed by atoms with Crippen molar-refractivity contribution in [1.29, 1.82) is 0 Å². The fourth-order valence-corrected chi connectivity index (χ4v) is 3.18. The lowest BCUT2D eigenvalue weighted by Gasteiger charge is -2.33. The Labute approximate surface area is 174 Å². The Kier molecular flexibility index (Phi) is 9.98. The van der Waals surface area contributed by atoms with Gasteiger partial charge in [0.05, 0.1) is 12.5 Å². The van der Waals surface area contributed by atoms with Crippen molar-refractivity contribution in [3.8, 4) is 0 Å². The number of esters is 1. The number of likely N-dealkylation sites (tertiary alicyclic amines) is 1. The van der Waals surface area contributed by atoms with E-state index in [2.05, 4.69) is 53.3 Å². The highest BCUT2D eigenvalue weighted by atomic mass is 127. The summed E-state index contributed by atoms with van der Waals surface area (Å²) in [5.74, 6) is 1.30. The van der Waals surface area contributed by atoms with E-state index < -0.39 is 0 Å². The first kappa shape index (κ1) is 22.7. The summed E-state index contributed by atoms with van der Waals surface area (Å²) in [6, 6.07) is 8.69. The first-order valence-corrected chi connectivity index (χ1v) is 9.24. The van der Waals surface area contributed by atoms with Crippen molar-refractivity contribution >= 4 is 35.9 Å². The topological polar surface area (TPSA) is 53.9 Å². The number of carbonyl (C=O) groups is 1. The summed E-state index contributed by atoms with van der Waals surface area (Å²) in [6.45, 7) is 9.15. The van der Waals surface area contributed by atoms with Gasteiger partial charge in [-0.3, -0.25) is 9.79 Å². The molecule has 1 aromatic carbocycles. The number of hydrogen-bond acceptors (Lipinski definition) is 3. The fourth-order valence-electron chi connectivity index (χ4n) is 3.18. The van der Waals surface area contributed by atoms with E-state index in [4.69, 9.17) is 4.74 Å². The number of piperidine rings is 1. The van der Waals surface area contributed by atoms with Crippen molar-refractivity contribution in [3.05, 3.63) is 35.4 Å². The summed E-state index contributed by atoms with van der Waals surface area (Å²) in [4.78, 5) is 18.5. The molecule has 146 valence electrons. The maximum atomic E-state index is 11.9. The van der Waals surface area contributed by atoms with E-state index in [0.717, 1.165) is 38.4 Å². The molecule has 2 rings (SSSR count). The third-order valence-corrected chi connectivity index (χ3v) is 4.84. The second kappa shape index (κ2) is 11.4. The van der Waals surface area contributed by atoms with Crippen LogP contribution in [0.5, 0.6) is 0 Å². The van der Waals surface area contributed by atoms with Gasteiger partial charge in [-0.25, -0.2) is 0 Å². The summed E-state index contributed by atoms with van der Waals surface area (Å²) < 4.78 is 5.14. The van der Waals surface area contributed by atoms with Crippen molar-refractivity contribution in [2.45, 2.75) is 39.5 Å². The molecule has 26 heavy (non-hydrogen) atoms. The van der Waals surface area contributed by atoms with Crippen LogP contribution >= 0.6 is 24.0 Å². The number of carbonyl (C=O) groups excluding carboxylic acids is 1. The molecule has 0 radical (unpaired) electrons. The van der Waals surface area contributed by atoms with Crippen LogP contribution in [0.3, 0.4) is 0 Å². The van der Waals surface area contributed by atoms with Gasteiger partial charge in [0.2, 0.25) is 0 Å². The molecule has 1 fully saturated rings. The molecule has 1 unspecified atom stereocenters. The molecular formula is C20H32IN3O2. The van der Waals surface area contributed by atoms with Crippen molar-refractivity contribution in [1.82, 2.24) is 10.2 Å². The maximum Gasteiger partial charge on any atom is 0.309 e. The number of benzene rings is 1. The molecule has 0 amide bonds. The van der Waals surface area contributed by atoms with Crippen LogP contribution in [0, 0.1) is 12.8 Å². The molecular weight excluding hydrogens is 441 g/mol. The molecule has 0 spiro atoms. The summed E-state index contributed by atoms with van der Waals surface area (Å²) in [6.07, 6.45) is 1.65. The molecule has 1 aliphatic rings. The van der Waals surface area contributed by atoms with Gasteiger partial charge in [-0.05, 0) is 38.2 Å². The first-order chi connectivity index (χ1) is 12.0. The van der Waals surface area contributed by atoms with E-state index in [1.807, 2.05) is 14.0 Å². The Bertz CT molecular complexity index is 581. The lowest BCUT2D eigenvalue weighted by molar-refractivity contribution is -0.149. The number of nitrogens with one attached hydrogen (secondary N) is 1. The predicted molar refractivity (Wildman–Crippen MR) is 117 cm³/mol. The molecule has 1 heterocycles. The smallest absolute Gasteiger partial charge is 0.309 e. The molecule has 1 N–H and O–H groups in total. The third kappa shape index (κ3) is 6.45. The molecule has 1 aromatic rings. The number of ether oxygens (including phenoxy) is 1. The Morgan fingerprint density at radius 2 is 1.92 bits per heavy atom. The fraction of sp³-hybridized carbons (Fsp3) is 0.600. The summed E-state index contributed by atoms with van der Waals surface area (Å²) >= 11 is 0. The van der Waals surface area contributed by atoms with Crippen LogP contribution < -0.4 is 5.32 Å². The minimum atomic E-state index is -0.0573. The van der Waals surface area contributed by atoms with Gasteiger partial charge in [-0.1, -0.05) is 36.8 Å². The Morgan fingerprint density at radius 1 is 1.31 bits per heavy atom. The van der Waals surface area contributed by atoms with Gasteiger partial charge in [-0.2, -0.15) is 0 Å². The minimum Gasteiger partial charge on any atom is -0.466 e. The molecule has 0 saturated carbocycles. The maximum absolute atomic E-state index is 11.9. The van der Waals surface area contributed by atoms with Crippen molar-refractivity contribution in [2.75, 3.05) is 33.3 Å². The molecule has 0 bridgehead atoms. The second-order valence-corrected chi connectivity index (χ2v) is 6.75. The summed E-state index contributed by atoms with van der Waals surface area (Å²) in [5.41, 5.74) is 2.61. The Balaban J connectivity index is 0.00000338. The standard InChI is InChI=1S/C20H31N3O2.HI/c1-5-25-19(24)18-10-12-23(13-11-18)20(21-4)22-14-16(3)17-8-6-15(2)7-9-17;/h6-9,16,18H,5,10-14H2,1-4H3,(H,21,22);1H. The van der Waals surface area contributed by atoms with E-state index in [-0.39, 0.29) is 35.9 Å². The van der Waals surface area contributed by atoms with Crippen molar-refractivity contribution < 1.29 is 9.53 Å². The average molecular weight is 473 g/mol. The second-order valence-electron chi connectivity index (χ2n) is 6.75. The van der Waals surface area contributed by atoms with Gasteiger partial charge in [0, 0.05) is 26.7 Å². The van der Waals surface area contributed by atoms with Crippen LogP contribution in [0.2, 0.25) is 0 Å². The third-order valence-electron chi connectivity index (χ3n) is 4.84. The molecule has 1 atom stereocenters. The van der Waals surface area contributed by atoms with Crippen molar-refractivity contribution in [3.63, 3.8) is 0 Å². The monoisotopic (exact) mass is 473 g/mol. The zero-order chi connectivity index (χ0) is 18.2. The number of halogens is 1. The minimum absolute atomic E-state index is 0. The summed E-state index contributed by atoms with van der Waals surface area (Å²) in [5, 5.41) is 3.48. The van der Waals surface area contributed by atoms with E-state index in [1.54, 1.807) is 0 Å². The number of hydrogen-bond donors (Lipinski definition) is 1. The Hall–Kier alpha value is -1.31. The summed E-state index contributed by atoms with van der Waals surface area (Å²) in [7, 11) is 1.82. The zero-order valence-electron chi connectivity index (χ0n) is 16.3. The van der Waals surface area contributed by atoms with Crippen molar-refractivity contribution in [2.24, 2.45) is 10.9 Å². The van der Waals surface area contributed by atoms with Crippen LogP contribution in [0.1, 0.15) is 43.7 Å². The Morgan fingerprint density at radius 3 is 2.46 bits per heavy atom. The van der Waals surface area contributed by atoms with Crippen LogP contribution in [0.25, 0.3) is 0 Å². The van der Waals surface area contributed by atoms with Gasteiger partial charge in [-0.15, -0.1) is 24.0 Å². The molecule has 6 heteroatoms. The average Bonchev–Trinajstić information content (AvgIpc) is 2.63. The number of nitrogens with zero attached hydrogens (tertiary/aromatic N) is 2. The molecule has 0 aliphatic carbocycles. The molecule has 5 nitrogen and oxygen atoms in total. The molecule has 1 saturated heterocycles. The van der Waals surface area contributed by atoms with E-state index in [1.165, 1.54) is 11.1 Å². The number of aliphatic imine (C=N–C) groups is 1. The lowest BCUT2D eigenvalue weighted by Crippen LogP contribution is -2.47. The highest BCUT2D eigenvalue weighted by Crippen LogP contribution is 2.19. The van der Waals surface area contributed by atoms with Gasteiger partial charge >= 0.3 is 5.97 Å². The molecule has 1 aliphatic heterocycles. The van der Waals surface area contributed by atoms with Gasteiger partial charge in [0.25, 0.3) is 0 Å². The van der Waals surface area contributed by atoms with E-state index in [9.17, 15) is 4.79 Å². The largest absolute Gasteiger partial charge is 0.466 e. The predicted octanol–water partition coefficient (Wildman–Crippen LogP) is 3.57. The number of rotatable bonds is 5. The lowest BCUT2D eigenvalue weighted by atomic mass is 9.97. The van der Waals surface area contributed by atoms with Gasteiger partial charge < -0.3 is 15.0 Å². The van der Waals surface area contributed by atoms with Gasteiger partial charge in [0.1, 0.15) is 0 Å². The quantitative estimate of drug-likeness (QED) is 0.308. The SMILES string of the molecule is CCOC(=O)C1CCN(C(=NC)NCC(C)c2ccc(C)cc2)CC1.I. The zero-order valence-corrected chi connectivity index (χ0v) is 18.7. The van der Waals surface area contributed by atoms with E-state index in [0.29, 0.717) is 12.5 Å². The molecule has 0 aromatic heterocycles. The number of guanidine groups is 1. The van der Waals surface area contributed by atoms with Crippen LogP contribution in [0.4, 0.5) is 0 Å². The number of aryl methyl sites for hydroxylation is 1. The first-order valence-electron chi connectivity index (χ1n) is 9.24. The van der Waals surface area contributed by atoms with E-state index >= 15 is 0 Å². The van der Waals surface area contributed by atoms with Gasteiger partial charge in [0.15, 0.2) is 5.96 Å². The van der Waals surface area contributed by atoms with Crippen LogP contribution in [0.15, 0.2) is 29.3 Å². The highest BCUT2D eigenvalue weighted by Gasteiger charge is 2.27.